The number of amidine groups is 1. The minimum absolute atomic E-state index is 0.0201. The van der Waals surface area contributed by atoms with Crippen molar-refractivity contribution in [2.45, 2.75) is 18.0 Å². The summed E-state index contributed by atoms with van der Waals surface area (Å²) in [5.41, 5.74) is 7.01. The summed E-state index contributed by atoms with van der Waals surface area (Å²) in [5.74, 6) is -1.38. The number of β-lactam (4-membered cyclic amide) rings is 1. The Morgan fingerprint density at radius 2 is 2.11 bits per heavy atom. The highest BCUT2D eigenvalue weighted by Crippen LogP contribution is 2.41. The van der Waals surface area contributed by atoms with Gasteiger partial charge in [-0.3, -0.25) is 14.5 Å². The molecule has 37 heavy (non-hydrogen) atoms. The quantitative estimate of drug-likeness (QED) is 0.0782. The molecule has 16 heteroatoms. The van der Waals surface area contributed by atoms with Crippen LogP contribution in [0.3, 0.4) is 0 Å². The van der Waals surface area contributed by atoms with Crippen LogP contribution in [0, 0.1) is 0 Å². The number of carbonyl (C=O) groups excluding carboxylic acids is 3. The Balaban J connectivity index is 1.44. The van der Waals surface area contributed by atoms with E-state index >= 15 is 0 Å². The van der Waals surface area contributed by atoms with Gasteiger partial charge in [0, 0.05) is 11.6 Å². The van der Waals surface area contributed by atoms with Crippen LogP contribution in [-0.4, -0.2) is 70.5 Å². The second-order valence-electron chi connectivity index (χ2n) is 7.62. The number of ether oxygens (including phenoxy) is 2. The second-order valence-corrected chi connectivity index (χ2v) is 9.85. The topological polar surface area (TPSA) is 148 Å². The molecule has 2 amide bonds. The molecule has 1 saturated heterocycles. The third-order valence-electron chi connectivity index (χ3n) is 5.37. The molecule has 4 rings (SSSR count). The van der Waals surface area contributed by atoms with Gasteiger partial charge in [-0.15, -0.1) is 23.4 Å². The lowest BCUT2D eigenvalue weighted by molar-refractivity contribution is -0.153. The van der Waals surface area contributed by atoms with Crippen LogP contribution in [0.1, 0.15) is 5.56 Å². The van der Waals surface area contributed by atoms with Gasteiger partial charge >= 0.3 is 5.97 Å². The smallest absolute Gasteiger partial charge is 0.355 e. The van der Waals surface area contributed by atoms with E-state index < -0.39 is 36.1 Å². The Labute approximate surface area is 224 Å². The van der Waals surface area contributed by atoms with Crippen molar-refractivity contribution in [3.05, 3.63) is 52.3 Å². The predicted octanol–water partition coefficient (Wildman–Crippen LogP) is 1.11. The molecule has 198 valence electrons. The van der Waals surface area contributed by atoms with E-state index in [2.05, 4.69) is 20.1 Å². The van der Waals surface area contributed by atoms with Gasteiger partial charge in [-0.1, -0.05) is 17.3 Å². The summed E-state index contributed by atoms with van der Waals surface area (Å²) in [6, 6.07) is 6.01. The van der Waals surface area contributed by atoms with E-state index in [1.54, 1.807) is 31.4 Å². The number of alkyl halides is 2. The molecule has 3 aliphatic heterocycles. The van der Waals surface area contributed by atoms with Crippen molar-refractivity contribution in [3.8, 4) is 5.75 Å². The maximum absolute atomic E-state index is 13.1. The van der Waals surface area contributed by atoms with E-state index in [0.717, 1.165) is 22.5 Å². The summed E-state index contributed by atoms with van der Waals surface area (Å²) in [5, 5.41) is 6.90. The first-order valence-electron chi connectivity index (χ1n) is 10.7. The molecule has 3 aliphatic rings. The number of esters is 1. The lowest BCUT2D eigenvalue weighted by Gasteiger charge is -2.49. The molecule has 0 saturated carbocycles. The van der Waals surface area contributed by atoms with Crippen LogP contribution >= 0.6 is 35.3 Å². The van der Waals surface area contributed by atoms with Gasteiger partial charge in [-0.05, 0) is 35.2 Å². The van der Waals surface area contributed by atoms with Gasteiger partial charge in [0.2, 0.25) is 0 Å². The zero-order chi connectivity index (χ0) is 26.5. The fourth-order valence-electron chi connectivity index (χ4n) is 3.59. The summed E-state index contributed by atoms with van der Waals surface area (Å²) in [7, 11) is 1.55. The number of carbonyl (C=O) groups is 3. The van der Waals surface area contributed by atoms with Crippen LogP contribution in [0.25, 0.3) is 0 Å². The minimum Gasteiger partial charge on any atom is -0.497 e. The highest BCUT2D eigenvalue weighted by molar-refractivity contribution is 8.01. The van der Waals surface area contributed by atoms with Crippen molar-refractivity contribution in [2.75, 3.05) is 25.6 Å². The minimum atomic E-state index is -1.26. The number of thioether (sulfide) groups is 1. The van der Waals surface area contributed by atoms with E-state index in [4.69, 9.17) is 26.8 Å². The summed E-state index contributed by atoms with van der Waals surface area (Å²) in [4.78, 5) is 47.3. The van der Waals surface area contributed by atoms with Crippen molar-refractivity contribution in [3.63, 3.8) is 0 Å². The Bertz CT molecular complexity index is 1170. The Hall–Kier alpha value is -3.14. The molecule has 1 fully saturated rings. The molecule has 12 nitrogen and oxygen atoms in total. The number of hydrogen-bond donors (Lipinski definition) is 3. The molecule has 0 bridgehead atoms. The van der Waals surface area contributed by atoms with Crippen molar-refractivity contribution in [1.29, 1.82) is 0 Å². The summed E-state index contributed by atoms with van der Waals surface area (Å²) in [6.45, 7) is -1.28. The number of hydrogen-bond acceptors (Lipinski definition) is 11. The maximum atomic E-state index is 13.1. The fraction of sp³-hybridized carbons (Fsp3) is 0.333. The van der Waals surface area contributed by atoms with E-state index in [-0.39, 0.29) is 24.0 Å². The molecule has 0 radical (unpaired) electrons. The van der Waals surface area contributed by atoms with Gasteiger partial charge in [0.15, 0.2) is 0 Å². The molecule has 3 heterocycles. The zero-order valence-electron chi connectivity index (χ0n) is 19.3. The molecule has 0 aromatic heterocycles. The number of nitrogens with two attached hydrogens (primary N) is 1. The highest BCUT2D eigenvalue weighted by Gasteiger charge is 2.54. The number of amides is 2. The van der Waals surface area contributed by atoms with Crippen molar-refractivity contribution < 1.29 is 33.1 Å². The van der Waals surface area contributed by atoms with Crippen LogP contribution in [0.15, 0.2) is 51.9 Å². The number of rotatable bonds is 8. The number of fused-ring (bicyclic) bond motifs is 1. The van der Waals surface area contributed by atoms with E-state index in [1.807, 2.05) is 0 Å². The normalized spacial score (nSPS) is 21.2. The largest absolute Gasteiger partial charge is 0.497 e. The number of methoxy groups -OCH3 is 1. The van der Waals surface area contributed by atoms with Crippen LogP contribution < -0.4 is 20.6 Å². The van der Waals surface area contributed by atoms with Crippen molar-refractivity contribution >= 4 is 58.9 Å². The van der Waals surface area contributed by atoms with Gasteiger partial charge in [-0.25, -0.2) is 14.2 Å². The lowest BCUT2D eigenvalue weighted by Crippen LogP contribution is -2.71. The third-order valence-corrected chi connectivity index (χ3v) is 7.66. The molecule has 2 atom stereocenters. The zero-order valence-corrected chi connectivity index (χ0v) is 21.7. The monoisotopic (exact) mass is 572 g/mol. The number of nitrogens with one attached hydrogen (secondary N) is 2. The average molecular weight is 573 g/mol. The average Bonchev–Trinajstić information content (AvgIpc) is 3.35. The van der Waals surface area contributed by atoms with Gasteiger partial charge < -0.3 is 25.4 Å². The number of nitrogens with zero attached hydrogens (tertiary/aromatic N) is 3. The number of benzene rings is 1. The summed E-state index contributed by atoms with van der Waals surface area (Å²) < 4.78 is 23.1. The SMILES string of the molecule is COc1ccc(COC(=O)C2=C(CCl)CS[C@H]3[C@H](NC(=O)C(=NOCF)N4C=C(N)SN4)C(=O)N23)cc1. The Morgan fingerprint density at radius 3 is 2.73 bits per heavy atom. The van der Waals surface area contributed by atoms with Crippen LogP contribution in [-0.2, 0) is 30.6 Å². The van der Waals surface area contributed by atoms with Crippen LogP contribution in [0.2, 0.25) is 0 Å². The van der Waals surface area contributed by atoms with Gasteiger partial charge in [0.25, 0.3) is 24.5 Å². The Kier molecular flexibility index (Phi) is 8.68. The first-order chi connectivity index (χ1) is 17.9. The van der Waals surface area contributed by atoms with Crippen molar-refractivity contribution in [2.24, 2.45) is 10.9 Å². The van der Waals surface area contributed by atoms with Crippen molar-refractivity contribution in [1.82, 2.24) is 20.1 Å². The molecule has 0 unspecified atom stereocenters. The Morgan fingerprint density at radius 1 is 1.35 bits per heavy atom. The standard InChI is InChI=1S/C21H22ClFN6O6S2/c1-33-13-4-2-11(3-5-13)8-34-21(32)16-12(6-22)9-36-20-15(19(31)29(16)20)25-18(30)17(26-35-10-23)28-7-14(24)37-27-28/h2-5,7,15,20,27H,6,8-10,24H2,1H3,(H,25,30)/t15-,20+/m1/s1. The van der Waals surface area contributed by atoms with E-state index in [9.17, 15) is 18.8 Å². The summed E-state index contributed by atoms with van der Waals surface area (Å²) >= 11 is 8.39. The van der Waals surface area contributed by atoms with E-state index in [0.29, 0.717) is 22.1 Å². The number of oxime groups is 1. The molecular weight excluding hydrogens is 551 g/mol. The number of halogens is 2. The maximum Gasteiger partial charge on any atom is 0.355 e. The number of hydrazine groups is 1. The van der Waals surface area contributed by atoms with Gasteiger partial charge in [0.05, 0.1) is 13.3 Å². The molecular formula is C21H22ClFN6O6S2. The summed E-state index contributed by atoms with van der Waals surface area (Å²) in [6.07, 6.45) is 1.35. The fourth-order valence-corrected chi connectivity index (χ4v) is 5.77. The molecule has 1 aromatic carbocycles. The first-order valence-corrected chi connectivity index (χ1v) is 13.1. The van der Waals surface area contributed by atoms with Crippen LogP contribution in [0.4, 0.5) is 4.39 Å². The second kappa shape index (κ2) is 11.9. The van der Waals surface area contributed by atoms with Crippen LogP contribution in [0.5, 0.6) is 5.75 Å². The highest BCUT2D eigenvalue weighted by atomic mass is 35.5. The molecule has 0 aliphatic carbocycles. The van der Waals surface area contributed by atoms with E-state index in [1.165, 1.54) is 22.9 Å². The lowest BCUT2D eigenvalue weighted by atomic mass is 10.0. The molecule has 0 spiro atoms. The first kappa shape index (κ1) is 26.9. The van der Waals surface area contributed by atoms with Gasteiger partial charge in [0.1, 0.15) is 34.5 Å². The third kappa shape index (κ3) is 5.74. The molecule has 4 N–H and O–H groups in total. The molecule has 1 aromatic rings. The predicted molar refractivity (Wildman–Crippen MR) is 135 cm³/mol. The van der Waals surface area contributed by atoms with Gasteiger partial charge in [-0.2, -0.15) is 4.83 Å².